The quantitative estimate of drug-likeness (QED) is 0.601. The van der Waals surface area contributed by atoms with Gasteiger partial charge in [-0.1, -0.05) is 13.0 Å². The summed E-state index contributed by atoms with van der Waals surface area (Å²) in [5.41, 5.74) is -0.335. The molecule has 0 aromatic heterocycles. The Labute approximate surface area is 122 Å². The normalized spacial score (nSPS) is 13.1. The van der Waals surface area contributed by atoms with E-state index < -0.39 is 27.0 Å². The molecule has 0 bridgehead atoms. The third-order valence-corrected chi connectivity index (χ3v) is 4.99. The summed E-state index contributed by atoms with van der Waals surface area (Å²) in [6.07, 6.45) is -0.345. The fourth-order valence-corrected chi connectivity index (χ4v) is 3.65. The van der Waals surface area contributed by atoms with Crippen molar-refractivity contribution in [3.05, 3.63) is 34.4 Å². The van der Waals surface area contributed by atoms with Crippen LogP contribution in [0, 0.1) is 10.1 Å². The van der Waals surface area contributed by atoms with Crippen molar-refractivity contribution < 1.29 is 23.2 Å². The molecule has 1 N–H and O–H groups in total. The number of carboxylic acids is 1. The number of sulfonamides is 1. The minimum absolute atomic E-state index is 0.0689. The molecule has 9 heteroatoms. The van der Waals surface area contributed by atoms with Crippen LogP contribution in [0.3, 0.4) is 0 Å². The van der Waals surface area contributed by atoms with E-state index >= 15 is 0 Å². The van der Waals surface area contributed by atoms with Gasteiger partial charge in [0.1, 0.15) is 0 Å². The maximum absolute atomic E-state index is 12.5. The number of nitro benzene ring substituents is 1. The van der Waals surface area contributed by atoms with E-state index in [0.717, 1.165) is 10.4 Å². The fraction of sp³-hybridized carbons (Fsp3) is 0.417. The van der Waals surface area contributed by atoms with Gasteiger partial charge in [-0.2, -0.15) is 4.31 Å². The van der Waals surface area contributed by atoms with Gasteiger partial charge in [-0.3, -0.25) is 14.9 Å². The minimum Gasteiger partial charge on any atom is -0.481 e. The molecule has 0 heterocycles. The van der Waals surface area contributed by atoms with Gasteiger partial charge in [0.15, 0.2) is 0 Å². The van der Waals surface area contributed by atoms with E-state index in [9.17, 15) is 23.3 Å². The predicted molar refractivity (Wildman–Crippen MR) is 74.4 cm³/mol. The maximum Gasteiger partial charge on any atom is 0.304 e. The number of nitro groups is 1. The number of non-ortho nitro benzene ring substituents is 1. The number of carbonyl (C=O) groups is 1. The summed E-state index contributed by atoms with van der Waals surface area (Å²) in [7, 11) is -3.99. The first-order valence-electron chi connectivity index (χ1n) is 6.18. The number of benzene rings is 1. The van der Waals surface area contributed by atoms with Gasteiger partial charge >= 0.3 is 5.97 Å². The minimum atomic E-state index is -3.99. The monoisotopic (exact) mass is 316 g/mol. The van der Waals surface area contributed by atoms with E-state index in [0.29, 0.717) is 0 Å². The van der Waals surface area contributed by atoms with Crippen LogP contribution in [-0.4, -0.2) is 41.3 Å². The van der Waals surface area contributed by atoms with Gasteiger partial charge in [0.2, 0.25) is 10.0 Å². The van der Waals surface area contributed by atoms with Gasteiger partial charge in [0.25, 0.3) is 5.69 Å². The Bertz CT molecular complexity index is 643. The SMILES string of the molecule is CCN(C(C)CC(=O)O)S(=O)(=O)c1cccc([N+](=O)[O-])c1. The van der Waals surface area contributed by atoms with Crippen molar-refractivity contribution >= 4 is 21.7 Å². The summed E-state index contributed by atoms with van der Waals surface area (Å²) in [6.45, 7) is 3.12. The maximum atomic E-state index is 12.5. The first kappa shape index (κ1) is 17.1. The van der Waals surface area contributed by atoms with Crippen molar-refractivity contribution in [2.24, 2.45) is 0 Å². The summed E-state index contributed by atoms with van der Waals surface area (Å²) in [5, 5.41) is 19.5. The number of hydrogen-bond donors (Lipinski definition) is 1. The molecule has 1 aromatic rings. The third kappa shape index (κ3) is 3.99. The van der Waals surface area contributed by atoms with Gasteiger partial charge in [-0.05, 0) is 13.0 Å². The predicted octanol–water partition coefficient (Wildman–Crippen LogP) is 1.47. The third-order valence-electron chi connectivity index (χ3n) is 2.91. The molecule has 1 rings (SSSR count). The first-order valence-corrected chi connectivity index (χ1v) is 7.62. The Hall–Kier alpha value is -2.00. The average molecular weight is 316 g/mol. The summed E-state index contributed by atoms with van der Waals surface area (Å²) >= 11 is 0. The molecule has 0 spiro atoms. The summed E-state index contributed by atoms with van der Waals surface area (Å²) in [4.78, 5) is 20.5. The van der Waals surface area contributed by atoms with Gasteiger partial charge in [-0.15, -0.1) is 0 Å². The second-order valence-electron chi connectivity index (χ2n) is 4.41. The molecule has 116 valence electrons. The molecule has 1 atom stereocenters. The van der Waals surface area contributed by atoms with E-state index in [1.807, 2.05) is 0 Å². The largest absolute Gasteiger partial charge is 0.481 e. The van der Waals surface area contributed by atoms with Crippen molar-refractivity contribution in [3.8, 4) is 0 Å². The van der Waals surface area contributed by atoms with Crippen molar-refractivity contribution in [2.75, 3.05) is 6.54 Å². The molecular weight excluding hydrogens is 300 g/mol. The van der Waals surface area contributed by atoms with Crippen LogP contribution in [0.2, 0.25) is 0 Å². The molecule has 0 aliphatic carbocycles. The molecule has 0 radical (unpaired) electrons. The number of hydrogen-bond acceptors (Lipinski definition) is 5. The smallest absolute Gasteiger partial charge is 0.304 e. The molecule has 0 saturated carbocycles. The fourth-order valence-electron chi connectivity index (χ4n) is 1.97. The van der Waals surface area contributed by atoms with Crippen LogP contribution in [-0.2, 0) is 14.8 Å². The van der Waals surface area contributed by atoms with E-state index in [2.05, 4.69) is 0 Å². The van der Waals surface area contributed by atoms with Crippen molar-refractivity contribution in [3.63, 3.8) is 0 Å². The van der Waals surface area contributed by atoms with E-state index in [1.165, 1.54) is 25.1 Å². The highest BCUT2D eigenvalue weighted by Crippen LogP contribution is 2.23. The van der Waals surface area contributed by atoms with Crippen LogP contribution in [0.4, 0.5) is 5.69 Å². The van der Waals surface area contributed by atoms with Crippen molar-refractivity contribution in [1.29, 1.82) is 0 Å². The molecule has 1 aromatic carbocycles. The van der Waals surface area contributed by atoms with Gasteiger partial charge in [0, 0.05) is 24.7 Å². The highest BCUT2D eigenvalue weighted by molar-refractivity contribution is 7.89. The molecular formula is C12H16N2O6S. The van der Waals surface area contributed by atoms with Crippen molar-refractivity contribution in [2.45, 2.75) is 31.2 Å². The Balaban J connectivity index is 3.21. The second-order valence-corrected chi connectivity index (χ2v) is 6.30. The van der Waals surface area contributed by atoms with E-state index in [1.54, 1.807) is 6.92 Å². The Morgan fingerprint density at radius 3 is 2.57 bits per heavy atom. The molecule has 21 heavy (non-hydrogen) atoms. The van der Waals surface area contributed by atoms with Crippen molar-refractivity contribution in [1.82, 2.24) is 4.31 Å². The molecule has 0 aliphatic rings. The van der Waals surface area contributed by atoms with Gasteiger partial charge in [-0.25, -0.2) is 8.42 Å². The molecule has 1 unspecified atom stereocenters. The lowest BCUT2D eigenvalue weighted by Gasteiger charge is -2.26. The number of aliphatic carboxylic acids is 1. The first-order chi connectivity index (χ1) is 9.70. The molecule has 0 fully saturated rings. The number of nitrogens with zero attached hydrogens (tertiary/aromatic N) is 2. The number of carboxylic acid groups (broad SMARTS) is 1. The molecule has 0 saturated heterocycles. The highest BCUT2D eigenvalue weighted by Gasteiger charge is 2.29. The lowest BCUT2D eigenvalue weighted by Crippen LogP contribution is -2.39. The zero-order chi connectivity index (χ0) is 16.2. The van der Waals surface area contributed by atoms with Crippen LogP contribution < -0.4 is 0 Å². The highest BCUT2D eigenvalue weighted by atomic mass is 32.2. The van der Waals surface area contributed by atoms with Gasteiger partial charge in [0.05, 0.1) is 16.2 Å². The summed E-state index contributed by atoms with van der Waals surface area (Å²) < 4.78 is 26.0. The average Bonchev–Trinajstić information content (AvgIpc) is 2.38. The zero-order valence-corrected chi connectivity index (χ0v) is 12.4. The topological polar surface area (TPSA) is 118 Å². The Morgan fingerprint density at radius 2 is 2.10 bits per heavy atom. The standard InChI is InChI=1S/C12H16N2O6S/c1-3-13(9(2)7-12(15)16)21(19,20)11-6-4-5-10(8-11)14(17)18/h4-6,8-9H,3,7H2,1-2H3,(H,15,16). The Kier molecular flexibility index (Phi) is 5.39. The van der Waals surface area contributed by atoms with Crippen LogP contribution in [0.1, 0.15) is 20.3 Å². The number of rotatable bonds is 7. The lowest BCUT2D eigenvalue weighted by molar-refractivity contribution is -0.385. The van der Waals surface area contributed by atoms with Crippen LogP contribution >= 0.6 is 0 Å². The molecule has 0 amide bonds. The van der Waals surface area contributed by atoms with Crippen LogP contribution in [0.5, 0.6) is 0 Å². The van der Waals surface area contributed by atoms with Crippen LogP contribution in [0.15, 0.2) is 29.2 Å². The Morgan fingerprint density at radius 1 is 1.48 bits per heavy atom. The van der Waals surface area contributed by atoms with E-state index in [4.69, 9.17) is 5.11 Å². The summed E-state index contributed by atoms with van der Waals surface area (Å²) in [6, 6.07) is 3.93. The molecule has 0 aliphatic heterocycles. The van der Waals surface area contributed by atoms with E-state index in [-0.39, 0.29) is 23.5 Å². The van der Waals surface area contributed by atoms with Gasteiger partial charge < -0.3 is 5.11 Å². The summed E-state index contributed by atoms with van der Waals surface area (Å²) in [5.74, 6) is -1.12. The molecule has 8 nitrogen and oxygen atoms in total. The second kappa shape index (κ2) is 6.64. The van der Waals surface area contributed by atoms with Crippen LogP contribution in [0.25, 0.3) is 0 Å². The lowest BCUT2D eigenvalue weighted by atomic mass is 10.2. The zero-order valence-electron chi connectivity index (χ0n) is 11.6.